The first-order valence-corrected chi connectivity index (χ1v) is 3.79. The van der Waals surface area contributed by atoms with Crippen LogP contribution in [0.1, 0.15) is 17.9 Å². The molecule has 1 aromatic heterocycles. The van der Waals surface area contributed by atoms with E-state index in [0.29, 0.717) is 5.88 Å². The second kappa shape index (κ2) is 3.57. The van der Waals surface area contributed by atoms with E-state index in [4.69, 9.17) is 4.74 Å². The lowest BCUT2D eigenvalue weighted by Gasteiger charge is -2.03. The fourth-order valence-corrected chi connectivity index (χ4v) is 0.835. The maximum absolute atomic E-state index is 4.92. The molecule has 1 unspecified atom stereocenters. The smallest absolute Gasteiger partial charge is 0.216 e. The lowest BCUT2D eigenvalue weighted by atomic mass is 10.3. The third kappa shape index (κ3) is 2.08. The van der Waals surface area contributed by atoms with Crippen LogP contribution in [0.15, 0.2) is 12.4 Å². The molecule has 0 aliphatic rings. The molecule has 0 saturated heterocycles. The lowest BCUT2D eigenvalue weighted by Crippen LogP contribution is -1.94. The van der Waals surface area contributed by atoms with Crippen LogP contribution in [0, 0.1) is 0 Å². The maximum atomic E-state index is 4.92. The molecule has 1 atom stereocenters. The van der Waals surface area contributed by atoms with Gasteiger partial charge in [0.05, 0.1) is 12.8 Å². The average Bonchev–Trinajstić information content (AvgIpc) is 2.05. The van der Waals surface area contributed by atoms with Crippen LogP contribution in [0.5, 0.6) is 5.88 Å². The van der Waals surface area contributed by atoms with Crippen molar-refractivity contribution < 1.29 is 4.74 Å². The fraction of sp³-hybridized carbons (Fsp3) is 0.429. The van der Waals surface area contributed by atoms with Crippen LogP contribution in [0.4, 0.5) is 0 Å². The van der Waals surface area contributed by atoms with Crippen LogP contribution in [-0.2, 0) is 0 Å². The molecule has 0 aromatic carbocycles. The second-order valence-electron chi connectivity index (χ2n) is 2.16. The van der Waals surface area contributed by atoms with Gasteiger partial charge in [-0.25, -0.2) is 9.97 Å². The molecule has 0 radical (unpaired) electrons. The minimum Gasteiger partial charge on any atom is -0.481 e. The molecule has 0 saturated carbocycles. The van der Waals surface area contributed by atoms with E-state index in [1.807, 2.05) is 6.92 Å². The van der Waals surface area contributed by atoms with Gasteiger partial charge in [-0.2, -0.15) is 12.6 Å². The van der Waals surface area contributed by atoms with Crippen LogP contribution < -0.4 is 4.74 Å². The van der Waals surface area contributed by atoms with E-state index in [1.54, 1.807) is 13.2 Å². The third-order valence-corrected chi connectivity index (χ3v) is 1.56. The van der Waals surface area contributed by atoms with Crippen molar-refractivity contribution in [2.75, 3.05) is 7.11 Å². The molecule has 0 aliphatic carbocycles. The summed E-state index contributed by atoms with van der Waals surface area (Å²) < 4.78 is 4.92. The van der Waals surface area contributed by atoms with E-state index in [2.05, 4.69) is 22.6 Å². The van der Waals surface area contributed by atoms with Crippen LogP contribution in [-0.4, -0.2) is 17.1 Å². The van der Waals surface area contributed by atoms with Crippen molar-refractivity contribution in [3.8, 4) is 5.88 Å². The summed E-state index contributed by atoms with van der Waals surface area (Å²) >= 11 is 4.23. The number of thiol groups is 1. The molecular weight excluding hydrogens is 160 g/mol. The van der Waals surface area contributed by atoms with Crippen LogP contribution in [0.3, 0.4) is 0 Å². The SMILES string of the molecule is COc1cc(C(C)S)ncn1. The largest absolute Gasteiger partial charge is 0.481 e. The summed E-state index contributed by atoms with van der Waals surface area (Å²) in [6.45, 7) is 1.95. The molecule has 3 nitrogen and oxygen atoms in total. The molecular formula is C7H10N2OS. The number of methoxy groups -OCH3 is 1. The van der Waals surface area contributed by atoms with Crippen molar-refractivity contribution >= 4 is 12.6 Å². The van der Waals surface area contributed by atoms with Crippen LogP contribution >= 0.6 is 12.6 Å². The Hall–Kier alpha value is -0.770. The van der Waals surface area contributed by atoms with Gasteiger partial charge in [-0.3, -0.25) is 0 Å². The van der Waals surface area contributed by atoms with E-state index in [1.165, 1.54) is 6.33 Å². The molecule has 60 valence electrons. The highest BCUT2D eigenvalue weighted by atomic mass is 32.1. The number of hydrogen-bond acceptors (Lipinski definition) is 4. The van der Waals surface area contributed by atoms with Gasteiger partial charge in [0.1, 0.15) is 6.33 Å². The maximum Gasteiger partial charge on any atom is 0.216 e. The number of hydrogen-bond donors (Lipinski definition) is 1. The van der Waals surface area contributed by atoms with Gasteiger partial charge in [0, 0.05) is 11.3 Å². The molecule has 1 aromatic rings. The summed E-state index contributed by atoms with van der Waals surface area (Å²) in [5.74, 6) is 0.580. The molecule has 0 N–H and O–H groups in total. The van der Waals surface area contributed by atoms with E-state index in [-0.39, 0.29) is 5.25 Å². The highest BCUT2D eigenvalue weighted by Gasteiger charge is 2.02. The molecule has 0 spiro atoms. The molecule has 11 heavy (non-hydrogen) atoms. The number of aromatic nitrogens is 2. The normalized spacial score (nSPS) is 12.6. The van der Waals surface area contributed by atoms with Crippen molar-refractivity contribution in [1.29, 1.82) is 0 Å². The molecule has 0 bridgehead atoms. The van der Waals surface area contributed by atoms with Crippen molar-refractivity contribution in [3.05, 3.63) is 18.1 Å². The number of nitrogens with zero attached hydrogens (tertiary/aromatic N) is 2. The Morgan fingerprint density at radius 2 is 2.27 bits per heavy atom. The van der Waals surface area contributed by atoms with Gasteiger partial charge < -0.3 is 4.74 Å². The summed E-state index contributed by atoms with van der Waals surface area (Å²) in [5, 5.41) is 0.117. The molecule has 0 fully saturated rings. The van der Waals surface area contributed by atoms with Gasteiger partial charge >= 0.3 is 0 Å². The zero-order valence-corrected chi connectivity index (χ0v) is 7.38. The van der Waals surface area contributed by atoms with Gasteiger partial charge in [-0.1, -0.05) is 0 Å². The molecule has 4 heteroatoms. The number of ether oxygens (including phenoxy) is 1. The predicted octanol–water partition coefficient (Wildman–Crippen LogP) is 1.48. The average molecular weight is 170 g/mol. The minimum absolute atomic E-state index is 0.117. The highest BCUT2D eigenvalue weighted by Crippen LogP contribution is 2.18. The van der Waals surface area contributed by atoms with Crippen molar-refractivity contribution in [3.63, 3.8) is 0 Å². The van der Waals surface area contributed by atoms with E-state index in [9.17, 15) is 0 Å². The zero-order chi connectivity index (χ0) is 8.27. The first kappa shape index (κ1) is 8.33. The van der Waals surface area contributed by atoms with Gasteiger partial charge in [0.15, 0.2) is 0 Å². The number of rotatable bonds is 2. The Kier molecular flexibility index (Phi) is 2.70. The Morgan fingerprint density at radius 3 is 2.82 bits per heavy atom. The van der Waals surface area contributed by atoms with E-state index < -0.39 is 0 Å². The predicted molar refractivity (Wildman–Crippen MR) is 46.0 cm³/mol. The highest BCUT2D eigenvalue weighted by molar-refractivity contribution is 7.80. The summed E-state index contributed by atoms with van der Waals surface area (Å²) in [4.78, 5) is 7.89. The fourth-order valence-electron chi connectivity index (χ4n) is 0.694. The van der Waals surface area contributed by atoms with Crippen molar-refractivity contribution in [2.24, 2.45) is 0 Å². The van der Waals surface area contributed by atoms with Crippen molar-refractivity contribution in [1.82, 2.24) is 9.97 Å². The zero-order valence-electron chi connectivity index (χ0n) is 6.48. The monoisotopic (exact) mass is 170 g/mol. The molecule has 1 heterocycles. The van der Waals surface area contributed by atoms with Crippen LogP contribution in [0.2, 0.25) is 0 Å². The Balaban J connectivity index is 2.91. The Morgan fingerprint density at radius 1 is 1.55 bits per heavy atom. The van der Waals surface area contributed by atoms with Crippen molar-refractivity contribution in [2.45, 2.75) is 12.2 Å². The van der Waals surface area contributed by atoms with Gasteiger partial charge in [-0.15, -0.1) is 0 Å². The molecule has 1 rings (SSSR count). The first-order valence-electron chi connectivity index (χ1n) is 3.28. The van der Waals surface area contributed by atoms with Gasteiger partial charge in [0.2, 0.25) is 5.88 Å². The van der Waals surface area contributed by atoms with Crippen LogP contribution in [0.25, 0.3) is 0 Å². The van der Waals surface area contributed by atoms with Gasteiger partial charge in [-0.05, 0) is 6.92 Å². The second-order valence-corrected chi connectivity index (χ2v) is 2.94. The Labute approximate surface area is 71.2 Å². The lowest BCUT2D eigenvalue weighted by molar-refractivity contribution is 0.396. The summed E-state index contributed by atoms with van der Waals surface area (Å²) in [5.41, 5.74) is 0.875. The standard InChI is InChI=1S/C7H10N2OS/c1-5(11)6-3-7(10-2)9-4-8-6/h3-5,11H,1-2H3. The topological polar surface area (TPSA) is 35.0 Å². The third-order valence-electron chi connectivity index (χ3n) is 1.30. The quantitative estimate of drug-likeness (QED) is 0.683. The minimum atomic E-state index is 0.117. The van der Waals surface area contributed by atoms with E-state index in [0.717, 1.165) is 5.69 Å². The summed E-state index contributed by atoms with van der Waals surface area (Å²) in [6, 6.07) is 1.78. The molecule has 0 aliphatic heterocycles. The van der Waals surface area contributed by atoms with Gasteiger partial charge in [0.25, 0.3) is 0 Å². The molecule has 0 amide bonds. The summed E-state index contributed by atoms with van der Waals surface area (Å²) in [6.07, 6.45) is 1.47. The Bertz CT molecular complexity index is 240. The van der Waals surface area contributed by atoms with E-state index >= 15 is 0 Å². The summed E-state index contributed by atoms with van der Waals surface area (Å²) in [7, 11) is 1.58. The first-order chi connectivity index (χ1) is 5.24.